The van der Waals surface area contributed by atoms with Crippen LogP contribution in [0.25, 0.3) is 0 Å². The van der Waals surface area contributed by atoms with Gasteiger partial charge in [-0.1, -0.05) is 24.3 Å². The lowest BCUT2D eigenvalue weighted by Gasteiger charge is -2.29. The first kappa shape index (κ1) is 10.7. The van der Waals surface area contributed by atoms with Crippen LogP contribution in [-0.4, -0.2) is 17.8 Å². The number of aliphatic hydroxyl groups is 1. The first-order valence-electron chi connectivity index (χ1n) is 5.62. The maximum Gasteiger partial charge on any atom is 0.0549 e. The summed E-state index contributed by atoms with van der Waals surface area (Å²) < 4.78 is 0. The first-order valence-corrected chi connectivity index (χ1v) is 5.62. The van der Waals surface area contributed by atoms with E-state index in [1.165, 1.54) is 11.1 Å². The average molecular weight is 205 g/mol. The third-order valence-electron chi connectivity index (χ3n) is 3.69. The van der Waals surface area contributed by atoms with E-state index in [1.54, 1.807) is 0 Å². The van der Waals surface area contributed by atoms with Crippen molar-refractivity contribution in [3.63, 3.8) is 0 Å². The molecular weight excluding hydrogens is 186 g/mol. The van der Waals surface area contributed by atoms with E-state index in [1.807, 2.05) is 0 Å². The number of nitrogens with two attached hydrogens (primary N) is 1. The van der Waals surface area contributed by atoms with Gasteiger partial charge >= 0.3 is 0 Å². The Morgan fingerprint density at radius 1 is 1.47 bits per heavy atom. The highest BCUT2D eigenvalue weighted by molar-refractivity contribution is 5.35. The SMILES string of the molecule is Cc1ccccc1C1(CN)CCC(O)C1. The largest absolute Gasteiger partial charge is 0.393 e. The van der Waals surface area contributed by atoms with E-state index in [4.69, 9.17) is 5.73 Å². The van der Waals surface area contributed by atoms with Gasteiger partial charge in [-0.05, 0) is 37.3 Å². The molecule has 0 aromatic heterocycles. The highest BCUT2D eigenvalue weighted by Crippen LogP contribution is 2.41. The van der Waals surface area contributed by atoms with Gasteiger partial charge in [-0.3, -0.25) is 0 Å². The van der Waals surface area contributed by atoms with Crippen molar-refractivity contribution in [2.24, 2.45) is 5.73 Å². The molecule has 1 fully saturated rings. The second-order valence-corrected chi connectivity index (χ2v) is 4.70. The monoisotopic (exact) mass is 205 g/mol. The van der Waals surface area contributed by atoms with E-state index in [2.05, 4.69) is 31.2 Å². The van der Waals surface area contributed by atoms with Gasteiger partial charge in [0.2, 0.25) is 0 Å². The zero-order valence-corrected chi connectivity index (χ0v) is 9.24. The predicted octanol–water partition coefficient (Wildman–Crippen LogP) is 1.74. The van der Waals surface area contributed by atoms with Crippen molar-refractivity contribution in [3.8, 4) is 0 Å². The van der Waals surface area contributed by atoms with Crippen molar-refractivity contribution in [1.82, 2.24) is 0 Å². The molecule has 2 rings (SSSR count). The molecule has 0 saturated heterocycles. The fourth-order valence-electron chi connectivity index (χ4n) is 2.81. The van der Waals surface area contributed by atoms with Gasteiger partial charge < -0.3 is 10.8 Å². The summed E-state index contributed by atoms with van der Waals surface area (Å²) in [5, 5.41) is 9.69. The molecule has 82 valence electrons. The highest BCUT2D eigenvalue weighted by atomic mass is 16.3. The van der Waals surface area contributed by atoms with Gasteiger partial charge in [0.1, 0.15) is 0 Å². The molecular formula is C13H19NO. The molecule has 0 spiro atoms. The molecule has 0 heterocycles. The summed E-state index contributed by atoms with van der Waals surface area (Å²) in [6, 6.07) is 8.39. The first-order chi connectivity index (χ1) is 7.18. The van der Waals surface area contributed by atoms with Gasteiger partial charge in [0.15, 0.2) is 0 Å². The van der Waals surface area contributed by atoms with E-state index >= 15 is 0 Å². The molecule has 0 radical (unpaired) electrons. The van der Waals surface area contributed by atoms with E-state index in [9.17, 15) is 5.11 Å². The van der Waals surface area contributed by atoms with Crippen LogP contribution in [0.4, 0.5) is 0 Å². The third kappa shape index (κ3) is 1.80. The van der Waals surface area contributed by atoms with Crippen LogP contribution < -0.4 is 5.73 Å². The molecule has 1 aromatic carbocycles. The molecule has 1 aliphatic carbocycles. The van der Waals surface area contributed by atoms with Crippen molar-refractivity contribution in [2.45, 2.75) is 37.7 Å². The predicted molar refractivity (Wildman–Crippen MR) is 61.8 cm³/mol. The minimum atomic E-state index is -0.173. The van der Waals surface area contributed by atoms with E-state index in [0.29, 0.717) is 6.54 Å². The Labute approximate surface area is 91.1 Å². The fraction of sp³-hybridized carbons (Fsp3) is 0.538. The van der Waals surface area contributed by atoms with Crippen LogP contribution in [0, 0.1) is 6.92 Å². The maximum atomic E-state index is 9.69. The van der Waals surface area contributed by atoms with Crippen LogP contribution in [0.15, 0.2) is 24.3 Å². The topological polar surface area (TPSA) is 46.2 Å². The molecule has 2 heteroatoms. The zero-order chi connectivity index (χ0) is 10.9. The molecule has 1 aliphatic rings. The van der Waals surface area contributed by atoms with Crippen molar-refractivity contribution in [2.75, 3.05) is 6.54 Å². The van der Waals surface area contributed by atoms with Crippen LogP contribution in [0.1, 0.15) is 30.4 Å². The minimum Gasteiger partial charge on any atom is -0.393 e. The molecule has 2 nitrogen and oxygen atoms in total. The molecule has 1 aromatic rings. The fourth-order valence-corrected chi connectivity index (χ4v) is 2.81. The van der Waals surface area contributed by atoms with Crippen LogP contribution in [0.2, 0.25) is 0 Å². The summed E-state index contributed by atoms with van der Waals surface area (Å²) in [6.07, 6.45) is 2.53. The molecule has 1 saturated carbocycles. The maximum absolute atomic E-state index is 9.69. The number of hydrogen-bond donors (Lipinski definition) is 2. The number of rotatable bonds is 2. The Morgan fingerprint density at radius 3 is 2.73 bits per heavy atom. The Kier molecular flexibility index (Phi) is 2.81. The molecule has 0 amide bonds. The van der Waals surface area contributed by atoms with Crippen LogP contribution in [0.5, 0.6) is 0 Å². The molecule has 0 aliphatic heterocycles. The van der Waals surface area contributed by atoms with Gasteiger partial charge in [0, 0.05) is 12.0 Å². The van der Waals surface area contributed by atoms with Crippen molar-refractivity contribution < 1.29 is 5.11 Å². The summed E-state index contributed by atoms with van der Waals surface area (Å²) in [5.74, 6) is 0. The zero-order valence-electron chi connectivity index (χ0n) is 9.24. The van der Waals surface area contributed by atoms with Crippen molar-refractivity contribution in [3.05, 3.63) is 35.4 Å². The number of hydrogen-bond acceptors (Lipinski definition) is 2. The second-order valence-electron chi connectivity index (χ2n) is 4.70. The van der Waals surface area contributed by atoms with Crippen LogP contribution in [-0.2, 0) is 5.41 Å². The number of aliphatic hydroxyl groups excluding tert-OH is 1. The van der Waals surface area contributed by atoms with E-state index in [0.717, 1.165) is 19.3 Å². The lowest BCUT2D eigenvalue weighted by molar-refractivity contribution is 0.174. The third-order valence-corrected chi connectivity index (χ3v) is 3.69. The summed E-state index contributed by atoms with van der Waals surface area (Å²) in [4.78, 5) is 0. The van der Waals surface area contributed by atoms with E-state index < -0.39 is 0 Å². The van der Waals surface area contributed by atoms with Crippen LogP contribution in [0.3, 0.4) is 0 Å². The van der Waals surface area contributed by atoms with Gasteiger partial charge in [0.05, 0.1) is 6.10 Å². The quantitative estimate of drug-likeness (QED) is 0.772. The summed E-state index contributed by atoms with van der Waals surface area (Å²) >= 11 is 0. The molecule has 0 bridgehead atoms. The van der Waals surface area contributed by atoms with Gasteiger partial charge in [0.25, 0.3) is 0 Å². The Bertz CT molecular complexity index is 350. The highest BCUT2D eigenvalue weighted by Gasteiger charge is 2.39. The van der Waals surface area contributed by atoms with Gasteiger partial charge in [-0.15, -0.1) is 0 Å². The standard InChI is InChI=1S/C13H19NO/c1-10-4-2-3-5-12(10)13(9-14)7-6-11(15)8-13/h2-5,11,15H,6-9,14H2,1H3. The lowest BCUT2D eigenvalue weighted by atomic mass is 9.77. The minimum absolute atomic E-state index is 0.0186. The number of benzene rings is 1. The lowest BCUT2D eigenvalue weighted by Crippen LogP contribution is -2.33. The smallest absolute Gasteiger partial charge is 0.0549 e. The Morgan fingerprint density at radius 2 is 2.20 bits per heavy atom. The second kappa shape index (κ2) is 3.95. The van der Waals surface area contributed by atoms with E-state index in [-0.39, 0.29) is 11.5 Å². The van der Waals surface area contributed by atoms with Crippen molar-refractivity contribution >= 4 is 0 Å². The summed E-state index contributed by atoms with van der Waals surface area (Å²) in [6.45, 7) is 2.76. The molecule has 15 heavy (non-hydrogen) atoms. The normalized spacial score (nSPS) is 30.7. The molecule has 2 unspecified atom stereocenters. The molecule has 3 N–H and O–H groups in total. The van der Waals surface area contributed by atoms with Crippen LogP contribution >= 0.6 is 0 Å². The van der Waals surface area contributed by atoms with Gasteiger partial charge in [-0.25, -0.2) is 0 Å². The Balaban J connectivity index is 2.39. The number of aryl methyl sites for hydroxylation is 1. The average Bonchev–Trinajstić information content (AvgIpc) is 2.62. The summed E-state index contributed by atoms with van der Waals surface area (Å²) in [5.41, 5.74) is 8.55. The Hall–Kier alpha value is -0.860. The van der Waals surface area contributed by atoms with Crippen molar-refractivity contribution in [1.29, 1.82) is 0 Å². The van der Waals surface area contributed by atoms with Gasteiger partial charge in [-0.2, -0.15) is 0 Å². The molecule has 2 atom stereocenters. The summed E-state index contributed by atoms with van der Waals surface area (Å²) in [7, 11) is 0.